The number of benzene rings is 1. The lowest BCUT2D eigenvalue weighted by Gasteiger charge is -2.34. The highest BCUT2D eigenvalue weighted by molar-refractivity contribution is 6.32. The minimum atomic E-state index is -0.839. The number of carbonyl (C=O) groups excluding carboxylic acids is 1. The number of amides is 1. The molecular weight excluding hydrogens is 314 g/mol. The maximum Gasteiger partial charge on any atom is 0.256 e. The van der Waals surface area contributed by atoms with E-state index in [1.54, 1.807) is 32.4 Å². The van der Waals surface area contributed by atoms with E-state index in [1.807, 2.05) is 0 Å². The summed E-state index contributed by atoms with van der Waals surface area (Å²) in [5.41, 5.74) is -0.205. The molecule has 0 aliphatic rings. The first kappa shape index (κ1) is 19.8. The maximum absolute atomic E-state index is 12.9. The Morgan fingerprint density at radius 1 is 1.17 bits per heavy atom. The van der Waals surface area contributed by atoms with E-state index >= 15 is 0 Å². The maximum atomic E-state index is 12.9. The summed E-state index contributed by atoms with van der Waals surface area (Å²) >= 11 is 6.12. The first-order chi connectivity index (χ1) is 10.7. The number of hydrogen-bond donors (Lipinski definition) is 1. The lowest BCUT2D eigenvalue weighted by Crippen LogP contribution is -2.46. The Balaban J connectivity index is 3.02. The Kier molecular flexibility index (Phi) is 7.36. The molecule has 0 unspecified atom stereocenters. The molecule has 0 aliphatic heterocycles. The Morgan fingerprint density at radius 3 is 2.13 bits per heavy atom. The predicted molar refractivity (Wildman–Crippen MR) is 95.3 cm³/mol. The Labute approximate surface area is 144 Å². The zero-order valence-corrected chi connectivity index (χ0v) is 15.7. The summed E-state index contributed by atoms with van der Waals surface area (Å²) in [6, 6.07) is 5.19. The average molecular weight is 342 g/mol. The zero-order valence-electron chi connectivity index (χ0n) is 14.9. The van der Waals surface area contributed by atoms with Crippen molar-refractivity contribution in [1.29, 1.82) is 0 Å². The molecule has 1 aromatic carbocycles. The second kappa shape index (κ2) is 8.55. The van der Waals surface area contributed by atoms with Crippen molar-refractivity contribution in [2.24, 2.45) is 11.8 Å². The lowest BCUT2D eigenvalue weighted by atomic mass is 9.84. The summed E-state index contributed by atoms with van der Waals surface area (Å²) in [5, 5.41) is 3.39. The molecule has 0 radical (unpaired) electrons. The van der Waals surface area contributed by atoms with Crippen LogP contribution in [0.3, 0.4) is 0 Å². The molecule has 0 fully saturated rings. The van der Waals surface area contributed by atoms with Gasteiger partial charge in [-0.25, -0.2) is 0 Å². The summed E-state index contributed by atoms with van der Waals surface area (Å²) in [5.74, 6) is 1.13. The monoisotopic (exact) mass is 341 g/mol. The molecule has 0 heterocycles. The summed E-state index contributed by atoms with van der Waals surface area (Å²) < 4.78 is 10.8. The summed E-state index contributed by atoms with van der Waals surface area (Å²) in [6.45, 7) is 8.36. The standard InChI is InChI=1S/C18H28ClNO3/c1-12(2)10-18(23-6,11-13(3)4)17(21)20-14-7-8-16(22-5)15(19)9-14/h7-9,12-13H,10-11H2,1-6H3,(H,20,21). The zero-order chi connectivity index (χ0) is 17.6. The van der Waals surface area contributed by atoms with Gasteiger partial charge in [0.1, 0.15) is 11.4 Å². The molecule has 130 valence electrons. The van der Waals surface area contributed by atoms with Crippen LogP contribution in [0.25, 0.3) is 0 Å². The molecule has 0 saturated carbocycles. The van der Waals surface area contributed by atoms with E-state index < -0.39 is 5.60 Å². The fourth-order valence-electron chi connectivity index (χ4n) is 2.84. The number of ether oxygens (including phenoxy) is 2. The summed E-state index contributed by atoms with van der Waals surface area (Å²) in [4.78, 5) is 12.9. The van der Waals surface area contributed by atoms with Gasteiger partial charge in [0.05, 0.1) is 12.1 Å². The van der Waals surface area contributed by atoms with Crippen molar-refractivity contribution in [3.05, 3.63) is 23.2 Å². The minimum absolute atomic E-state index is 0.136. The smallest absolute Gasteiger partial charge is 0.256 e. The van der Waals surface area contributed by atoms with E-state index in [1.165, 1.54) is 0 Å². The van der Waals surface area contributed by atoms with Crippen molar-refractivity contribution in [3.63, 3.8) is 0 Å². The van der Waals surface area contributed by atoms with Crippen LogP contribution >= 0.6 is 11.6 Å². The molecule has 0 saturated heterocycles. The van der Waals surface area contributed by atoms with Gasteiger partial charge in [-0.2, -0.15) is 0 Å². The highest BCUT2D eigenvalue weighted by Gasteiger charge is 2.39. The third-order valence-corrected chi connectivity index (χ3v) is 3.99. The number of methoxy groups -OCH3 is 2. The molecule has 0 bridgehead atoms. The van der Waals surface area contributed by atoms with E-state index in [4.69, 9.17) is 21.1 Å². The van der Waals surface area contributed by atoms with Crippen LogP contribution < -0.4 is 10.1 Å². The van der Waals surface area contributed by atoms with Gasteiger partial charge >= 0.3 is 0 Å². The molecule has 0 aliphatic carbocycles. The molecule has 1 aromatic rings. The third-order valence-electron chi connectivity index (χ3n) is 3.69. The van der Waals surface area contributed by atoms with Gasteiger partial charge in [0.25, 0.3) is 5.91 Å². The van der Waals surface area contributed by atoms with E-state index in [2.05, 4.69) is 33.0 Å². The normalized spacial score (nSPS) is 11.9. The van der Waals surface area contributed by atoms with Gasteiger partial charge in [-0.15, -0.1) is 0 Å². The number of halogens is 1. The van der Waals surface area contributed by atoms with Crippen molar-refractivity contribution in [2.45, 2.75) is 46.1 Å². The second-order valence-corrected chi connectivity index (χ2v) is 7.11. The molecule has 1 rings (SSSR count). The van der Waals surface area contributed by atoms with Crippen LogP contribution in [-0.2, 0) is 9.53 Å². The molecule has 5 heteroatoms. The van der Waals surface area contributed by atoms with Gasteiger partial charge in [-0.05, 0) is 42.9 Å². The Bertz CT molecular complexity index is 519. The highest BCUT2D eigenvalue weighted by atomic mass is 35.5. The van der Waals surface area contributed by atoms with E-state index in [9.17, 15) is 4.79 Å². The van der Waals surface area contributed by atoms with Crippen LogP contribution in [0.15, 0.2) is 18.2 Å². The topological polar surface area (TPSA) is 47.6 Å². The van der Waals surface area contributed by atoms with Crippen LogP contribution in [0, 0.1) is 11.8 Å². The number of nitrogens with one attached hydrogen (secondary N) is 1. The molecule has 0 atom stereocenters. The van der Waals surface area contributed by atoms with Crippen LogP contribution in [0.5, 0.6) is 5.75 Å². The quantitative estimate of drug-likeness (QED) is 0.741. The van der Waals surface area contributed by atoms with Gasteiger partial charge in [0.2, 0.25) is 0 Å². The minimum Gasteiger partial charge on any atom is -0.495 e. The van der Waals surface area contributed by atoms with E-state index in [0.29, 0.717) is 41.1 Å². The molecular formula is C18H28ClNO3. The molecule has 0 aromatic heterocycles. The van der Waals surface area contributed by atoms with Crippen molar-refractivity contribution >= 4 is 23.2 Å². The fourth-order valence-corrected chi connectivity index (χ4v) is 3.09. The third kappa shape index (κ3) is 5.40. The van der Waals surface area contributed by atoms with Crippen LogP contribution in [0.1, 0.15) is 40.5 Å². The number of rotatable bonds is 8. The first-order valence-electron chi connectivity index (χ1n) is 7.94. The van der Waals surface area contributed by atoms with Crippen LogP contribution in [0.4, 0.5) is 5.69 Å². The number of carbonyl (C=O) groups is 1. The summed E-state index contributed by atoms with van der Waals surface area (Å²) in [6.07, 6.45) is 1.33. The predicted octanol–water partition coefficient (Wildman–Crippen LogP) is 4.76. The largest absolute Gasteiger partial charge is 0.495 e. The lowest BCUT2D eigenvalue weighted by molar-refractivity contribution is -0.142. The van der Waals surface area contributed by atoms with Gasteiger partial charge in [0, 0.05) is 12.8 Å². The SMILES string of the molecule is COc1ccc(NC(=O)C(CC(C)C)(CC(C)C)OC)cc1Cl. The van der Waals surface area contributed by atoms with Crippen molar-refractivity contribution in [1.82, 2.24) is 0 Å². The second-order valence-electron chi connectivity index (χ2n) is 6.70. The average Bonchev–Trinajstić information content (AvgIpc) is 2.45. The van der Waals surface area contributed by atoms with Gasteiger partial charge in [0.15, 0.2) is 0 Å². The molecule has 23 heavy (non-hydrogen) atoms. The molecule has 4 nitrogen and oxygen atoms in total. The Morgan fingerprint density at radius 2 is 1.74 bits per heavy atom. The summed E-state index contributed by atoms with van der Waals surface area (Å²) in [7, 11) is 3.16. The number of anilines is 1. The molecule has 0 spiro atoms. The van der Waals surface area contributed by atoms with Crippen LogP contribution in [0.2, 0.25) is 5.02 Å². The van der Waals surface area contributed by atoms with Crippen LogP contribution in [-0.4, -0.2) is 25.7 Å². The van der Waals surface area contributed by atoms with E-state index in [-0.39, 0.29) is 5.91 Å². The van der Waals surface area contributed by atoms with E-state index in [0.717, 1.165) is 0 Å². The molecule has 1 N–H and O–H groups in total. The molecule has 1 amide bonds. The Hall–Kier alpha value is -1.26. The van der Waals surface area contributed by atoms with Crippen molar-refractivity contribution < 1.29 is 14.3 Å². The fraction of sp³-hybridized carbons (Fsp3) is 0.611. The van der Waals surface area contributed by atoms with Crippen molar-refractivity contribution in [2.75, 3.05) is 19.5 Å². The van der Waals surface area contributed by atoms with Crippen molar-refractivity contribution in [3.8, 4) is 5.75 Å². The van der Waals surface area contributed by atoms with Gasteiger partial charge in [-0.1, -0.05) is 39.3 Å². The van der Waals surface area contributed by atoms with Gasteiger partial charge in [-0.3, -0.25) is 4.79 Å². The van der Waals surface area contributed by atoms with Gasteiger partial charge < -0.3 is 14.8 Å². The number of hydrogen-bond acceptors (Lipinski definition) is 3. The highest BCUT2D eigenvalue weighted by Crippen LogP contribution is 2.32. The first-order valence-corrected chi connectivity index (χ1v) is 8.32.